The average Bonchev–Trinajstić information content (AvgIpc) is 2.90. The third-order valence-corrected chi connectivity index (χ3v) is 2.80. The number of rotatable bonds is 6. The number of hydrogen-bond donors (Lipinski definition) is 0. The van der Waals surface area contributed by atoms with Crippen LogP contribution in [-0.2, 0) is 22.6 Å². The molecular formula is C13H16N4O4. The molecule has 0 aromatic carbocycles. The normalized spacial score (nSPS) is 10.4. The molecule has 0 saturated carbocycles. The highest BCUT2D eigenvalue weighted by atomic mass is 16.5. The van der Waals surface area contributed by atoms with Gasteiger partial charge in [0.05, 0.1) is 38.8 Å². The summed E-state index contributed by atoms with van der Waals surface area (Å²) in [6, 6.07) is 5.41. The Balaban J connectivity index is 2.30. The number of ether oxygens (including phenoxy) is 3. The van der Waals surface area contributed by atoms with E-state index in [1.165, 1.54) is 14.2 Å². The Morgan fingerprint density at radius 2 is 2.10 bits per heavy atom. The van der Waals surface area contributed by atoms with Crippen LogP contribution in [0.2, 0.25) is 0 Å². The maximum absolute atomic E-state index is 11.6. The molecule has 0 atom stereocenters. The van der Waals surface area contributed by atoms with E-state index in [1.807, 2.05) is 12.1 Å². The van der Waals surface area contributed by atoms with E-state index in [0.29, 0.717) is 18.1 Å². The van der Waals surface area contributed by atoms with E-state index < -0.39 is 5.97 Å². The Labute approximate surface area is 121 Å². The van der Waals surface area contributed by atoms with Gasteiger partial charge < -0.3 is 14.2 Å². The van der Waals surface area contributed by atoms with Crippen LogP contribution in [0.5, 0.6) is 5.88 Å². The van der Waals surface area contributed by atoms with Crippen LogP contribution in [0.4, 0.5) is 0 Å². The maximum atomic E-state index is 11.6. The Hall–Kier alpha value is -2.48. The lowest BCUT2D eigenvalue weighted by Crippen LogP contribution is -2.12. The molecule has 0 amide bonds. The molecule has 0 unspecified atom stereocenters. The summed E-state index contributed by atoms with van der Waals surface area (Å²) in [6.07, 6.45) is 0. The minimum atomic E-state index is -0.549. The predicted octanol–water partition coefficient (Wildman–Crippen LogP) is 0.663. The first-order chi connectivity index (χ1) is 10.2. The van der Waals surface area contributed by atoms with Crippen molar-refractivity contribution >= 4 is 5.97 Å². The fraction of sp³-hybridized carbons (Fsp3) is 0.385. The second-order valence-corrected chi connectivity index (χ2v) is 4.14. The van der Waals surface area contributed by atoms with Crippen molar-refractivity contribution in [3.05, 3.63) is 35.3 Å². The molecule has 0 aliphatic carbocycles. The Kier molecular flexibility index (Phi) is 4.83. The van der Waals surface area contributed by atoms with E-state index in [1.54, 1.807) is 17.9 Å². The van der Waals surface area contributed by atoms with Gasteiger partial charge in [-0.25, -0.2) is 14.5 Å². The van der Waals surface area contributed by atoms with Crippen molar-refractivity contribution in [3.63, 3.8) is 0 Å². The van der Waals surface area contributed by atoms with Gasteiger partial charge in [-0.15, -0.1) is 5.10 Å². The highest BCUT2D eigenvalue weighted by molar-refractivity contribution is 5.88. The molecule has 112 valence electrons. The summed E-state index contributed by atoms with van der Waals surface area (Å²) in [5.74, 6) is -0.0407. The van der Waals surface area contributed by atoms with Crippen molar-refractivity contribution in [2.75, 3.05) is 21.3 Å². The van der Waals surface area contributed by atoms with E-state index in [9.17, 15) is 4.79 Å². The smallest absolute Gasteiger partial charge is 0.360 e. The lowest BCUT2D eigenvalue weighted by Gasteiger charge is -2.07. The number of hydrogen-bond acceptors (Lipinski definition) is 7. The van der Waals surface area contributed by atoms with Gasteiger partial charge in [0.2, 0.25) is 5.88 Å². The number of carbonyl (C=O) groups excluding carboxylic acids is 1. The second kappa shape index (κ2) is 6.80. The standard InChI is InChI=1S/C13H16N4O4/c1-19-8-10-12(13(18)21-3)15-16-17(10)7-9-5-4-6-11(14-9)20-2/h4-6H,7-8H2,1-3H3. The SMILES string of the molecule is COCc1c(C(=O)OC)nnn1Cc1cccc(OC)n1. The fourth-order valence-electron chi connectivity index (χ4n) is 1.81. The summed E-state index contributed by atoms with van der Waals surface area (Å²) in [5, 5.41) is 7.80. The molecule has 8 nitrogen and oxygen atoms in total. The molecule has 8 heteroatoms. The topological polar surface area (TPSA) is 88.4 Å². The van der Waals surface area contributed by atoms with Crippen molar-refractivity contribution in [3.8, 4) is 5.88 Å². The minimum Gasteiger partial charge on any atom is -0.481 e. The van der Waals surface area contributed by atoms with Crippen LogP contribution < -0.4 is 4.74 Å². The van der Waals surface area contributed by atoms with Gasteiger partial charge >= 0.3 is 5.97 Å². The molecule has 21 heavy (non-hydrogen) atoms. The van der Waals surface area contributed by atoms with Gasteiger partial charge in [0.1, 0.15) is 0 Å². The third-order valence-electron chi connectivity index (χ3n) is 2.80. The maximum Gasteiger partial charge on any atom is 0.360 e. The largest absolute Gasteiger partial charge is 0.481 e. The molecule has 2 aromatic heterocycles. The first-order valence-electron chi connectivity index (χ1n) is 6.19. The monoisotopic (exact) mass is 292 g/mol. The van der Waals surface area contributed by atoms with E-state index in [0.717, 1.165) is 5.69 Å². The van der Waals surface area contributed by atoms with Gasteiger partial charge in [0.15, 0.2) is 5.69 Å². The zero-order chi connectivity index (χ0) is 15.2. The van der Waals surface area contributed by atoms with E-state index in [4.69, 9.17) is 9.47 Å². The molecule has 0 N–H and O–H groups in total. The number of esters is 1. The quantitative estimate of drug-likeness (QED) is 0.723. The number of nitrogens with zero attached hydrogens (tertiary/aromatic N) is 4. The molecule has 0 spiro atoms. The van der Waals surface area contributed by atoms with E-state index in [-0.39, 0.29) is 12.3 Å². The van der Waals surface area contributed by atoms with Crippen LogP contribution >= 0.6 is 0 Å². The molecule has 0 aliphatic heterocycles. The van der Waals surface area contributed by atoms with E-state index in [2.05, 4.69) is 20.0 Å². The van der Waals surface area contributed by atoms with Gasteiger partial charge in [-0.1, -0.05) is 11.3 Å². The summed E-state index contributed by atoms with van der Waals surface area (Å²) < 4.78 is 16.4. The van der Waals surface area contributed by atoms with E-state index >= 15 is 0 Å². The third kappa shape index (κ3) is 3.34. The summed E-state index contributed by atoms with van der Waals surface area (Å²) in [4.78, 5) is 15.9. The summed E-state index contributed by atoms with van der Waals surface area (Å²) in [7, 11) is 4.37. The molecule has 0 radical (unpaired) electrons. The molecule has 2 rings (SSSR count). The zero-order valence-corrected chi connectivity index (χ0v) is 12.1. The van der Waals surface area contributed by atoms with Gasteiger partial charge in [-0.2, -0.15) is 0 Å². The Morgan fingerprint density at radius 1 is 1.29 bits per heavy atom. The molecule has 2 heterocycles. The molecule has 0 saturated heterocycles. The van der Waals surface area contributed by atoms with Crippen LogP contribution in [-0.4, -0.2) is 47.3 Å². The van der Waals surface area contributed by atoms with Gasteiger partial charge in [-0.05, 0) is 6.07 Å². The van der Waals surface area contributed by atoms with Crippen LogP contribution in [0.3, 0.4) is 0 Å². The first kappa shape index (κ1) is 14.9. The van der Waals surface area contributed by atoms with Crippen molar-refractivity contribution in [1.29, 1.82) is 0 Å². The van der Waals surface area contributed by atoms with Gasteiger partial charge in [0, 0.05) is 13.2 Å². The summed E-state index contributed by atoms with van der Waals surface area (Å²) in [6.45, 7) is 0.543. The molecular weight excluding hydrogens is 276 g/mol. The predicted molar refractivity (Wildman–Crippen MR) is 72.0 cm³/mol. The zero-order valence-electron chi connectivity index (χ0n) is 12.1. The lowest BCUT2D eigenvalue weighted by atomic mass is 10.3. The molecule has 2 aromatic rings. The highest BCUT2D eigenvalue weighted by Gasteiger charge is 2.20. The molecule has 0 aliphatic rings. The van der Waals surface area contributed by atoms with Crippen LogP contribution in [0.25, 0.3) is 0 Å². The van der Waals surface area contributed by atoms with Crippen LogP contribution in [0, 0.1) is 0 Å². The van der Waals surface area contributed by atoms with Crippen LogP contribution in [0.15, 0.2) is 18.2 Å². The minimum absolute atomic E-state index is 0.141. The number of methoxy groups -OCH3 is 3. The molecule has 0 fully saturated rings. The summed E-state index contributed by atoms with van der Waals surface area (Å²) >= 11 is 0. The second-order valence-electron chi connectivity index (χ2n) is 4.14. The van der Waals surface area contributed by atoms with Crippen molar-refractivity contribution in [1.82, 2.24) is 20.0 Å². The number of pyridine rings is 1. The Morgan fingerprint density at radius 3 is 2.76 bits per heavy atom. The van der Waals surface area contributed by atoms with Crippen molar-refractivity contribution < 1.29 is 19.0 Å². The van der Waals surface area contributed by atoms with Crippen molar-refractivity contribution in [2.24, 2.45) is 0 Å². The fourth-order valence-corrected chi connectivity index (χ4v) is 1.81. The number of carbonyl (C=O) groups is 1. The van der Waals surface area contributed by atoms with Gasteiger partial charge in [-0.3, -0.25) is 0 Å². The average molecular weight is 292 g/mol. The van der Waals surface area contributed by atoms with Gasteiger partial charge in [0.25, 0.3) is 0 Å². The number of aromatic nitrogens is 4. The lowest BCUT2D eigenvalue weighted by molar-refractivity contribution is 0.0588. The van der Waals surface area contributed by atoms with Crippen LogP contribution in [0.1, 0.15) is 21.9 Å². The molecule has 0 bridgehead atoms. The Bertz CT molecular complexity index is 626. The first-order valence-corrected chi connectivity index (χ1v) is 6.19. The summed E-state index contributed by atoms with van der Waals surface area (Å²) in [5.41, 5.74) is 1.41. The highest BCUT2D eigenvalue weighted by Crippen LogP contribution is 2.12. The van der Waals surface area contributed by atoms with Crippen molar-refractivity contribution in [2.45, 2.75) is 13.2 Å².